The molecule has 0 aromatic carbocycles. The van der Waals surface area contributed by atoms with Gasteiger partial charge in [-0.25, -0.2) is 4.79 Å². The molecule has 0 aromatic rings. The molecule has 0 aliphatic carbocycles. The summed E-state index contributed by atoms with van der Waals surface area (Å²) in [7, 11) is 1.64. The highest BCUT2D eigenvalue weighted by molar-refractivity contribution is 5.86. The van der Waals surface area contributed by atoms with E-state index in [0.717, 1.165) is 6.42 Å². The molecule has 0 fully saturated rings. The monoisotopic (exact) mass is 187 g/mol. The highest BCUT2D eigenvalue weighted by atomic mass is 16.5. The summed E-state index contributed by atoms with van der Waals surface area (Å²) < 4.78 is 4.89. The van der Waals surface area contributed by atoms with E-state index in [1.165, 1.54) is 0 Å². The van der Waals surface area contributed by atoms with Gasteiger partial charge in [-0.3, -0.25) is 0 Å². The van der Waals surface area contributed by atoms with Crippen LogP contribution in [0.2, 0.25) is 0 Å². The number of carboxylic acids is 1. The van der Waals surface area contributed by atoms with Crippen molar-refractivity contribution in [3.05, 3.63) is 12.2 Å². The zero-order valence-electron chi connectivity index (χ0n) is 8.17. The fraction of sp³-hybridized carbons (Fsp3) is 0.667. The van der Waals surface area contributed by atoms with E-state index in [4.69, 9.17) is 9.84 Å². The minimum atomic E-state index is -0.952. The van der Waals surface area contributed by atoms with E-state index in [-0.39, 0.29) is 11.6 Å². The summed E-state index contributed by atoms with van der Waals surface area (Å²) in [5.41, 5.74) is 0.185. The van der Waals surface area contributed by atoms with Gasteiger partial charge in [-0.1, -0.05) is 6.58 Å². The van der Waals surface area contributed by atoms with Crippen molar-refractivity contribution in [2.75, 3.05) is 20.3 Å². The normalized spacial score (nSPS) is 12.5. The molecule has 0 radical (unpaired) electrons. The fourth-order valence-corrected chi connectivity index (χ4v) is 0.770. The van der Waals surface area contributed by atoms with Crippen LogP contribution in [0.5, 0.6) is 0 Å². The molecule has 1 unspecified atom stereocenters. The standard InChI is InChI=1S/C9H17NO3/c1-7(9(11)12)6-10-8(2)4-5-13-3/h8,10H,1,4-6H2,2-3H3,(H,11,12). The lowest BCUT2D eigenvalue weighted by Crippen LogP contribution is -2.30. The Hall–Kier alpha value is -0.870. The minimum Gasteiger partial charge on any atom is -0.478 e. The number of hydrogen-bond donors (Lipinski definition) is 2. The van der Waals surface area contributed by atoms with Crippen molar-refractivity contribution in [3.63, 3.8) is 0 Å². The number of nitrogens with one attached hydrogen (secondary N) is 1. The molecule has 0 saturated heterocycles. The third-order valence-electron chi connectivity index (χ3n) is 1.72. The van der Waals surface area contributed by atoms with Crippen molar-refractivity contribution >= 4 is 5.97 Å². The molecule has 13 heavy (non-hydrogen) atoms. The second-order valence-corrected chi connectivity index (χ2v) is 2.97. The Labute approximate surface area is 78.6 Å². The zero-order valence-corrected chi connectivity index (χ0v) is 8.17. The first kappa shape index (κ1) is 12.1. The van der Waals surface area contributed by atoms with E-state index < -0.39 is 5.97 Å². The van der Waals surface area contributed by atoms with Gasteiger partial charge < -0.3 is 15.2 Å². The van der Waals surface area contributed by atoms with Gasteiger partial charge in [0.25, 0.3) is 0 Å². The van der Waals surface area contributed by atoms with Crippen LogP contribution in [0.4, 0.5) is 0 Å². The molecule has 0 bridgehead atoms. The number of carbonyl (C=O) groups is 1. The molecular formula is C9H17NO3. The molecule has 2 N–H and O–H groups in total. The Morgan fingerprint density at radius 2 is 2.31 bits per heavy atom. The van der Waals surface area contributed by atoms with Gasteiger partial charge in [-0.05, 0) is 13.3 Å². The number of ether oxygens (including phenoxy) is 1. The second-order valence-electron chi connectivity index (χ2n) is 2.97. The lowest BCUT2D eigenvalue weighted by molar-refractivity contribution is -0.132. The highest BCUT2D eigenvalue weighted by Crippen LogP contribution is 1.93. The summed E-state index contributed by atoms with van der Waals surface area (Å²) in [5.74, 6) is -0.952. The number of methoxy groups -OCH3 is 1. The molecule has 1 atom stereocenters. The first-order chi connectivity index (χ1) is 6.07. The number of rotatable bonds is 7. The van der Waals surface area contributed by atoms with Crippen molar-refractivity contribution in [1.29, 1.82) is 0 Å². The van der Waals surface area contributed by atoms with Crippen LogP contribution in [-0.4, -0.2) is 37.4 Å². The zero-order chi connectivity index (χ0) is 10.3. The third-order valence-corrected chi connectivity index (χ3v) is 1.72. The van der Waals surface area contributed by atoms with E-state index in [1.807, 2.05) is 6.92 Å². The van der Waals surface area contributed by atoms with E-state index in [0.29, 0.717) is 13.2 Å². The van der Waals surface area contributed by atoms with Crippen molar-refractivity contribution in [1.82, 2.24) is 5.32 Å². The van der Waals surface area contributed by atoms with E-state index in [1.54, 1.807) is 7.11 Å². The van der Waals surface area contributed by atoms with Crippen molar-refractivity contribution in [3.8, 4) is 0 Å². The maximum Gasteiger partial charge on any atom is 0.332 e. The van der Waals surface area contributed by atoms with Crippen LogP contribution < -0.4 is 5.32 Å². The molecule has 0 spiro atoms. The van der Waals surface area contributed by atoms with Crippen LogP contribution in [-0.2, 0) is 9.53 Å². The average Bonchev–Trinajstić information content (AvgIpc) is 2.10. The van der Waals surface area contributed by atoms with Gasteiger partial charge in [0.15, 0.2) is 0 Å². The molecule has 0 aliphatic heterocycles. The minimum absolute atomic E-state index is 0.185. The molecule has 0 aromatic heterocycles. The Morgan fingerprint density at radius 1 is 1.69 bits per heavy atom. The van der Waals surface area contributed by atoms with Crippen LogP contribution in [0, 0.1) is 0 Å². The summed E-state index contributed by atoms with van der Waals surface area (Å²) in [4.78, 5) is 10.4. The first-order valence-electron chi connectivity index (χ1n) is 4.21. The lowest BCUT2D eigenvalue weighted by atomic mass is 10.2. The maximum absolute atomic E-state index is 10.4. The van der Waals surface area contributed by atoms with Gasteiger partial charge in [-0.2, -0.15) is 0 Å². The smallest absolute Gasteiger partial charge is 0.332 e. The van der Waals surface area contributed by atoms with Crippen LogP contribution >= 0.6 is 0 Å². The largest absolute Gasteiger partial charge is 0.478 e. The van der Waals surface area contributed by atoms with Crippen LogP contribution in [0.25, 0.3) is 0 Å². The average molecular weight is 187 g/mol. The van der Waals surface area contributed by atoms with Crippen LogP contribution in [0.3, 0.4) is 0 Å². The molecule has 4 heteroatoms. The maximum atomic E-state index is 10.4. The highest BCUT2D eigenvalue weighted by Gasteiger charge is 2.05. The number of carboxylic acid groups (broad SMARTS) is 1. The second kappa shape index (κ2) is 6.62. The summed E-state index contributed by atoms with van der Waals surface area (Å²) in [6.45, 7) is 6.39. The topological polar surface area (TPSA) is 58.6 Å². The van der Waals surface area contributed by atoms with Gasteiger partial charge in [0.05, 0.1) is 0 Å². The van der Waals surface area contributed by atoms with Crippen LogP contribution in [0.1, 0.15) is 13.3 Å². The Bertz CT molecular complexity index is 180. The molecule has 4 nitrogen and oxygen atoms in total. The van der Waals surface area contributed by atoms with Crippen molar-refractivity contribution in [2.45, 2.75) is 19.4 Å². The van der Waals surface area contributed by atoms with Gasteiger partial charge >= 0.3 is 5.97 Å². The fourth-order valence-electron chi connectivity index (χ4n) is 0.770. The molecule has 76 valence electrons. The third kappa shape index (κ3) is 6.31. The Balaban J connectivity index is 3.51. The van der Waals surface area contributed by atoms with Gasteiger partial charge in [0, 0.05) is 31.9 Å². The first-order valence-corrected chi connectivity index (χ1v) is 4.21. The predicted octanol–water partition coefficient (Wildman–Crippen LogP) is 0.642. The van der Waals surface area contributed by atoms with E-state index in [2.05, 4.69) is 11.9 Å². The van der Waals surface area contributed by atoms with Gasteiger partial charge in [-0.15, -0.1) is 0 Å². The Morgan fingerprint density at radius 3 is 2.77 bits per heavy atom. The Kier molecular flexibility index (Phi) is 6.18. The van der Waals surface area contributed by atoms with Crippen molar-refractivity contribution in [2.24, 2.45) is 0 Å². The van der Waals surface area contributed by atoms with Crippen LogP contribution in [0.15, 0.2) is 12.2 Å². The van der Waals surface area contributed by atoms with E-state index >= 15 is 0 Å². The number of hydrogen-bond acceptors (Lipinski definition) is 3. The lowest BCUT2D eigenvalue weighted by Gasteiger charge is -2.12. The summed E-state index contributed by atoms with van der Waals surface area (Å²) >= 11 is 0. The SMILES string of the molecule is C=C(CNC(C)CCOC)C(=O)O. The van der Waals surface area contributed by atoms with E-state index in [9.17, 15) is 4.79 Å². The summed E-state index contributed by atoms with van der Waals surface area (Å²) in [6.07, 6.45) is 0.864. The molecule has 0 saturated carbocycles. The molecule has 0 aliphatic rings. The number of aliphatic carboxylic acids is 1. The predicted molar refractivity (Wildman–Crippen MR) is 50.7 cm³/mol. The van der Waals surface area contributed by atoms with Crippen molar-refractivity contribution < 1.29 is 14.6 Å². The van der Waals surface area contributed by atoms with Gasteiger partial charge in [0.1, 0.15) is 0 Å². The molecule has 0 heterocycles. The quantitative estimate of drug-likeness (QED) is 0.574. The molecule has 0 rings (SSSR count). The summed E-state index contributed by atoms with van der Waals surface area (Å²) in [5, 5.41) is 11.5. The van der Waals surface area contributed by atoms with Gasteiger partial charge in [0.2, 0.25) is 0 Å². The molecular weight excluding hydrogens is 170 g/mol. The molecule has 0 amide bonds. The summed E-state index contributed by atoms with van der Waals surface area (Å²) in [6, 6.07) is 0.246.